The van der Waals surface area contributed by atoms with Crippen molar-refractivity contribution in [2.24, 2.45) is 29.4 Å². The standard InChI is InChI=1S/C21H37N3O.ClH/c22-20-16-6-3-7-17(20)13-18(12-16)21(25)23-19-8-10-24(11-9-19)14-15-4-1-2-5-15;/h15-20H,1-14,22H2,(H,23,25);1H. The quantitative estimate of drug-likeness (QED) is 0.782. The van der Waals surface area contributed by atoms with Gasteiger partial charge in [-0.25, -0.2) is 0 Å². The van der Waals surface area contributed by atoms with Crippen molar-refractivity contribution in [3.05, 3.63) is 0 Å². The van der Waals surface area contributed by atoms with Crippen LogP contribution in [0, 0.1) is 23.7 Å². The van der Waals surface area contributed by atoms with Gasteiger partial charge in [-0.05, 0) is 69.1 Å². The molecule has 2 bridgehead atoms. The molecule has 0 aromatic heterocycles. The molecule has 3 N–H and O–H groups in total. The van der Waals surface area contributed by atoms with Gasteiger partial charge in [-0.2, -0.15) is 0 Å². The Morgan fingerprint density at radius 1 is 0.923 bits per heavy atom. The van der Waals surface area contributed by atoms with Crippen molar-refractivity contribution in [2.45, 2.75) is 82.7 Å². The maximum Gasteiger partial charge on any atom is 0.223 e. The molecule has 4 rings (SSSR count). The van der Waals surface area contributed by atoms with Gasteiger partial charge in [0.15, 0.2) is 0 Å². The highest BCUT2D eigenvalue weighted by Gasteiger charge is 2.40. The largest absolute Gasteiger partial charge is 0.353 e. The first kappa shape index (κ1) is 20.4. The summed E-state index contributed by atoms with van der Waals surface area (Å²) in [4.78, 5) is 15.4. The predicted molar refractivity (Wildman–Crippen MR) is 108 cm³/mol. The maximum atomic E-state index is 12.8. The van der Waals surface area contributed by atoms with E-state index in [4.69, 9.17) is 5.73 Å². The third kappa shape index (κ3) is 4.74. The van der Waals surface area contributed by atoms with Gasteiger partial charge in [0.1, 0.15) is 0 Å². The Balaban J connectivity index is 0.00000196. The van der Waals surface area contributed by atoms with Crippen LogP contribution in [0.4, 0.5) is 0 Å². The molecule has 1 amide bonds. The molecule has 5 heteroatoms. The molecule has 0 aromatic rings. The van der Waals surface area contributed by atoms with Crippen molar-refractivity contribution in [1.82, 2.24) is 10.2 Å². The Kier molecular flexibility index (Phi) is 7.26. The van der Waals surface area contributed by atoms with E-state index in [1.807, 2.05) is 0 Å². The van der Waals surface area contributed by atoms with Crippen LogP contribution in [0.15, 0.2) is 0 Å². The normalized spacial score (nSPS) is 36.5. The second-order valence-corrected chi connectivity index (χ2v) is 9.43. The Morgan fingerprint density at radius 2 is 1.54 bits per heavy atom. The summed E-state index contributed by atoms with van der Waals surface area (Å²) in [5, 5.41) is 3.40. The summed E-state index contributed by atoms with van der Waals surface area (Å²) >= 11 is 0. The van der Waals surface area contributed by atoms with Crippen LogP contribution in [0.25, 0.3) is 0 Å². The molecule has 150 valence electrons. The average Bonchev–Trinajstić information content (AvgIpc) is 3.09. The highest BCUT2D eigenvalue weighted by atomic mass is 35.5. The molecular formula is C21H38ClN3O. The number of piperidine rings is 1. The van der Waals surface area contributed by atoms with E-state index in [2.05, 4.69) is 10.2 Å². The molecule has 1 aliphatic heterocycles. The molecule has 2 unspecified atom stereocenters. The van der Waals surface area contributed by atoms with Gasteiger partial charge in [-0.15, -0.1) is 12.4 Å². The fourth-order valence-electron chi connectivity index (χ4n) is 6.14. The second-order valence-electron chi connectivity index (χ2n) is 9.43. The summed E-state index contributed by atoms with van der Waals surface area (Å²) in [7, 11) is 0. The van der Waals surface area contributed by atoms with Crippen molar-refractivity contribution < 1.29 is 4.79 Å². The first-order chi connectivity index (χ1) is 12.2. The summed E-state index contributed by atoms with van der Waals surface area (Å²) in [5.41, 5.74) is 6.38. The first-order valence-electron chi connectivity index (χ1n) is 11.0. The molecule has 3 saturated carbocycles. The minimum atomic E-state index is 0. The highest BCUT2D eigenvalue weighted by molar-refractivity contribution is 5.85. The van der Waals surface area contributed by atoms with E-state index in [-0.39, 0.29) is 18.3 Å². The minimum absolute atomic E-state index is 0. The van der Waals surface area contributed by atoms with Crippen LogP contribution in [0.2, 0.25) is 0 Å². The van der Waals surface area contributed by atoms with Crippen LogP contribution < -0.4 is 11.1 Å². The zero-order valence-electron chi connectivity index (χ0n) is 16.2. The van der Waals surface area contributed by atoms with E-state index < -0.39 is 0 Å². The minimum Gasteiger partial charge on any atom is -0.353 e. The van der Waals surface area contributed by atoms with Crippen molar-refractivity contribution in [3.63, 3.8) is 0 Å². The molecule has 0 spiro atoms. The van der Waals surface area contributed by atoms with E-state index in [0.29, 0.717) is 29.8 Å². The van der Waals surface area contributed by atoms with Gasteiger partial charge in [0.25, 0.3) is 0 Å². The molecule has 4 aliphatic rings. The molecule has 0 aromatic carbocycles. The smallest absolute Gasteiger partial charge is 0.223 e. The lowest BCUT2D eigenvalue weighted by atomic mass is 9.65. The van der Waals surface area contributed by atoms with Crippen molar-refractivity contribution in [2.75, 3.05) is 19.6 Å². The molecule has 3 aliphatic carbocycles. The molecular weight excluding hydrogens is 346 g/mol. The molecule has 4 nitrogen and oxygen atoms in total. The maximum absolute atomic E-state index is 12.8. The van der Waals surface area contributed by atoms with E-state index in [1.54, 1.807) is 0 Å². The van der Waals surface area contributed by atoms with Crippen LogP contribution in [-0.4, -0.2) is 42.5 Å². The average molecular weight is 384 g/mol. The van der Waals surface area contributed by atoms with Crippen molar-refractivity contribution in [1.29, 1.82) is 0 Å². The van der Waals surface area contributed by atoms with Crippen LogP contribution in [-0.2, 0) is 4.79 Å². The lowest BCUT2D eigenvalue weighted by Gasteiger charge is -2.44. The summed E-state index contributed by atoms with van der Waals surface area (Å²) in [6.45, 7) is 3.63. The molecule has 1 saturated heterocycles. The fraction of sp³-hybridized carbons (Fsp3) is 0.952. The predicted octanol–water partition coefficient (Wildman–Crippen LogP) is 3.33. The zero-order valence-corrected chi connectivity index (χ0v) is 17.0. The number of nitrogens with zero attached hydrogens (tertiary/aromatic N) is 1. The number of carbonyl (C=O) groups is 1. The Bertz CT molecular complexity index is 446. The van der Waals surface area contributed by atoms with Gasteiger partial charge in [0.05, 0.1) is 0 Å². The number of hydrogen-bond donors (Lipinski definition) is 2. The number of amides is 1. The number of nitrogens with one attached hydrogen (secondary N) is 1. The zero-order chi connectivity index (χ0) is 17.2. The van der Waals surface area contributed by atoms with E-state index >= 15 is 0 Å². The van der Waals surface area contributed by atoms with Gasteiger partial charge in [0.2, 0.25) is 5.91 Å². The number of nitrogens with two attached hydrogens (primary N) is 1. The molecule has 26 heavy (non-hydrogen) atoms. The summed E-state index contributed by atoms with van der Waals surface area (Å²) in [5.74, 6) is 2.69. The lowest BCUT2D eigenvalue weighted by Crippen LogP contribution is -2.51. The third-order valence-corrected chi connectivity index (χ3v) is 7.71. The van der Waals surface area contributed by atoms with E-state index in [1.165, 1.54) is 64.6 Å². The first-order valence-corrected chi connectivity index (χ1v) is 11.0. The number of hydrogen-bond acceptors (Lipinski definition) is 3. The van der Waals surface area contributed by atoms with Crippen LogP contribution in [0.3, 0.4) is 0 Å². The summed E-state index contributed by atoms with van der Waals surface area (Å²) in [6, 6.07) is 0.763. The topological polar surface area (TPSA) is 58.4 Å². The Morgan fingerprint density at radius 3 is 2.15 bits per heavy atom. The van der Waals surface area contributed by atoms with Gasteiger partial charge in [0, 0.05) is 37.6 Å². The number of carbonyl (C=O) groups excluding carboxylic acids is 1. The molecule has 4 fully saturated rings. The Hall–Kier alpha value is -0.320. The molecule has 2 atom stereocenters. The SMILES string of the molecule is Cl.NC1C2CCCC1CC(C(=O)NC1CCN(CC3CCCC3)CC1)C2. The van der Waals surface area contributed by atoms with Crippen LogP contribution in [0.5, 0.6) is 0 Å². The Labute approximate surface area is 165 Å². The molecule has 1 heterocycles. The molecule has 0 radical (unpaired) electrons. The van der Waals surface area contributed by atoms with Crippen molar-refractivity contribution >= 4 is 18.3 Å². The number of halogens is 1. The monoisotopic (exact) mass is 383 g/mol. The summed E-state index contributed by atoms with van der Waals surface area (Å²) in [6.07, 6.45) is 13.9. The van der Waals surface area contributed by atoms with E-state index in [9.17, 15) is 4.79 Å². The fourth-order valence-corrected chi connectivity index (χ4v) is 6.14. The van der Waals surface area contributed by atoms with Crippen LogP contribution >= 0.6 is 12.4 Å². The van der Waals surface area contributed by atoms with E-state index in [0.717, 1.165) is 31.6 Å². The number of likely N-dealkylation sites (tertiary alicyclic amines) is 1. The highest BCUT2D eigenvalue weighted by Crippen LogP contribution is 2.42. The van der Waals surface area contributed by atoms with Gasteiger partial charge in [-0.1, -0.05) is 19.3 Å². The number of rotatable bonds is 4. The summed E-state index contributed by atoms with van der Waals surface area (Å²) < 4.78 is 0. The van der Waals surface area contributed by atoms with Crippen molar-refractivity contribution in [3.8, 4) is 0 Å². The van der Waals surface area contributed by atoms with Crippen LogP contribution in [0.1, 0.15) is 70.6 Å². The number of fused-ring (bicyclic) bond motifs is 2. The lowest BCUT2D eigenvalue weighted by molar-refractivity contribution is -0.129. The van der Waals surface area contributed by atoms with Gasteiger partial charge < -0.3 is 16.0 Å². The second kappa shape index (κ2) is 9.25. The van der Waals surface area contributed by atoms with Gasteiger partial charge in [-0.3, -0.25) is 4.79 Å². The third-order valence-electron chi connectivity index (χ3n) is 7.71. The van der Waals surface area contributed by atoms with Gasteiger partial charge >= 0.3 is 0 Å².